The third-order valence-electron chi connectivity index (χ3n) is 2.65. The number of hydrogen-bond acceptors (Lipinski definition) is 4. The summed E-state index contributed by atoms with van der Waals surface area (Å²) in [5.74, 6) is -0.746. The lowest BCUT2D eigenvalue weighted by molar-refractivity contribution is -0.153. The molecule has 4 heteroatoms. The lowest BCUT2D eigenvalue weighted by Crippen LogP contribution is -2.21. The third kappa shape index (κ3) is 4.13. The Morgan fingerprint density at radius 1 is 1.31 bits per heavy atom. The van der Waals surface area contributed by atoms with Gasteiger partial charge in [-0.2, -0.15) is 0 Å². The average Bonchev–Trinajstić information content (AvgIpc) is 2.52. The fraction of sp³-hybridized carbons (Fsp3) is 0.750. The molecular formula is C12H18O4. The summed E-state index contributed by atoms with van der Waals surface area (Å²) in [6.45, 7) is 2.10. The lowest BCUT2D eigenvalue weighted by atomic mass is 10.1. The standard InChI is InChI=1S/C12H18O4/c1-2-3-4-5-6-12(15)16-11-8-9(13)7-10(11)14/h11H,2-8H2,1H3. The second-order valence-electron chi connectivity index (χ2n) is 4.18. The van der Waals surface area contributed by atoms with Crippen LogP contribution in [-0.4, -0.2) is 23.6 Å². The molecule has 0 N–H and O–H groups in total. The van der Waals surface area contributed by atoms with E-state index < -0.39 is 6.10 Å². The molecule has 1 aliphatic carbocycles. The predicted octanol–water partition coefficient (Wildman–Crippen LogP) is 1.80. The second-order valence-corrected chi connectivity index (χ2v) is 4.18. The molecule has 0 radical (unpaired) electrons. The van der Waals surface area contributed by atoms with Crippen molar-refractivity contribution < 1.29 is 19.1 Å². The van der Waals surface area contributed by atoms with E-state index in [0.29, 0.717) is 6.42 Å². The van der Waals surface area contributed by atoms with Crippen molar-refractivity contribution in [1.82, 2.24) is 0 Å². The smallest absolute Gasteiger partial charge is 0.306 e. The maximum atomic E-state index is 11.3. The summed E-state index contributed by atoms with van der Waals surface area (Å²) in [4.78, 5) is 33.5. The minimum Gasteiger partial charge on any atom is -0.454 e. The number of unbranched alkanes of at least 4 members (excludes halogenated alkanes) is 3. The van der Waals surface area contributed by atoms with Crippen LogP contribution in [-0.2, 0) is 19.1 Å². The highest BCUT2D eigenvalue weighted by atomic mass is 16.5. The van der Waals surface area contributed by atoms with Gasteiger partial charge in [0.1, 0.15) is 5.78 Å². The number of rotatable bonds is 6. The summed E-state index contributed by atoms with van der Waals surface area (Å²) in [6.07, 6.45) is 3.56. The molecule has 0 amide bonds. The molecule has 1 rings (SSSR count). The highest BCUT2D eigenvalue weighted by Gasteiger charge is 2.33. The van der Waals surface area contributed by atoms with Gasteiger partial charge in [0.15, 0.2) is 11.9 Å². The van der Waals surface area contributed by atoms with Gasteiger partial charge in [0.05, 0.1) is 12.8 Å². The molecule has 1 unspecified atom stereocenters. The van der Waals surface area contributed by atoms with Gasteiger partial charge in [0.2, 0.25) is 0 Å². The molecule has 0 aromatic heterocycles. The van der Waals surface area contributed by atoms with E-state index in [4.69, 9.17) is 4.74 Å². The maximum absolute atomic E-state index is 11.3. The van der Waals surface area contributed by atoms with Gasteiger partial charge in [0.25, 0.3) is 0 Å². The van der Waals surface area contributed by atoms with Crippen molar-refractivity contribution in [2.75, 3.05) is 0 Å². The van der Waals surface area contributed by atoms with E-state index >= 15 is 0 Å². The fourth-order valence-electron chi connectivity index (χ4n) is 1.72. The quantitative estimate of drug-likeness (QED) is 0.393. The Kier molecular flexibility index (Phi) is 5.15. The van der Waals surface area contributed by atoms with Crippen molar-refractivity contribution in [3.63, 3.8) is 0 Å². The first-order chi connectivity index (χ1) is 7.63. The van der Waals surface area contributed by atoms with Crippen molar-refractivity contribution in [3.05, 3.63) is 0 Å². The van der Waals surface area contributed by atoms with Crippen LogP contribution in [0.1, 0.15) is 51.9 Å². The van der Waals surface area contributed by atoms with E-state index in [1.807, 2.05) is 0 Å². The summed E-state index contributed by atoms with van der Waals surface area (Å²) >= 11 is 0. The number of hydrogen-bond donors (Lipinski definition) is 0. The Balaban J connectivity index is 2.19. The van der Waals surface area contributed by atoms with E-state index in [0.717, 1.165) is 25.7 Å². The van der Waals surface area contributed by atoms with Crippen LogP contribution < -0.4 is 0 Å². The maximum Gasteiger partial charge on any atom is 0.306 e. The molecule has 0 spiro atoms. The van der Waals surface area contributed by atoms with Gasteiger partial charge in [-0.05, 0) is 6.42 Å². The van der Waals surface area contributed by atoms with E-state index in [2.05, 4.69) is 6.92 Å². The number of esters is 1. The predicted molar refractivity (Wildman–Crippen MR) is 57.9 cm³/mol. The molecule has 0 aromatic carbocycles. The Labute approximate surface area is 95.3 Å². The number of carbonyl (C=O) groups excluding carboxylic acids is 3. The zero-order valence-corrected chi connectivity index (χ0v) is 9.66. The molecule has 0 saturated heterocycles. The van der Waals surface area contributed by atoms with Crippen LogP contribution in [0, 0.1) is 0 Å². The van der Waals surface area contributed by atoms with Crippen molar-refractivity contribution in [3.8, 4) is 0 Å². The van der Waals surface area contributed by atoms with E-state index in [1.165, 1.54) is 0 Å². The summed E-state index contributed by atoms with van der Waals surface area (Å²) in [5.41, 5.74) is 0. The summed E-state index contributed by atoms with van der Waals surface area (Å²) < 4.78 is 4.96. The monoisotopic (exact) mass is 226 g/mol. The van der Waals surface area contributed by atoms with Crippen LogP contribution in [0.4, 0.5) is 0 Å². The first-order valence-corrected chi connectivity index (χ1v) is 5.87. The Morgan fingerprint density at radius 3 is 2.62 bits per heavy atom. The largest absolute Gasteiger partial charge is 0.454 e. The first kappa shape index (κ1) is 12.9. The van der Waals surface area contributed by atoms with Gasteiger partial charge < -0.3 is 4.74 Å². The van der Waals surface area contributed by atoms with Gasteiger partial charge >= 0.3 is 5.97 Å². The molecule has 0 bridgehead atoms. The van der Waals surface area contributed by atoms with Crippen LogP contribution in [0.2, 0.25) is 0 Å². The number of Topliss-reactive ketones (excluding diaryl/α,β-unsaturated/α-hetero) is 2. The molecule has 16 heavy (non-hydrogen) atoms. The number of ketones is 2. The van der Waals surface area contributed by atoms with Crippen LogP contribution in [0.15, 0.2) is 0 Å². The average molecular weight is 226 g/mol. The molecule has 4 nitrogen and oxygen atoms in total. The minimum absolute atomic E-state index is 0.0690. The molecule has 1 saturated carbocycles. The number of ether oxygens (including phenoxy) is 1. The topological polar surface area (TPSA) is 60.4 Å². The molecule has 90 valence electrons. The fourth-order valence-corrected chi connectivity index (χ4v) is 1.72. The van der Waals surface area contributed by atoms with E-state index in [-0.39, 0.29) is 30.4 Å². The van der Waals surface area contributed by atoms with Gasteiger partial charge in [-0.1, -0.05) is 26.2 Å². The Hall–Kier alpha value is -1.19. The first-order valence-electron chi connectivity index (χ1n) is 5.87. The highest BCUT2D eigenvalue weighted by molar-refractivity contribution is 6.09. The van der Waals surface area contributed by atoms with Crippen LogP contribution in [0.5, 0.6) is 0 Å². The van der Waals surface area contributed by atoms with Gasteiger partial charge in [-0.3, -0.25) is 14.4 Å². The summed E-state index contributed by atoms with van der Waals surface area (Å²) in [6, 6.07) is 0. The molecule has 0 heterocycles. The normalized spacial score (nSPS) is 20.2. The summed E-state index contributed by atoms with van der Waals surface area (Å²) in [5, 5.41) is 0. The second kappa shape index (κ2) is 6.40. The molecule has 1 atom stereocenters. The summed E-state index contributed by atoms with van der Waals surface area (Å²) in [7, 11) is 0. The Morgan fingerprint density at radius 2 is 2.06 bits per heavy atom. The molecule has 1 aliphatic rings. The Bertz CT molecular complexity index is 283. The van der Waals surface area contributed by atoms with Crippen LogP contribution in [0.25, 0.3) is 0 Å². The molecule has 0 aliphatic heterocycles. The minimum atomic E-state index is -0.800. The van der Waals surface area contributed by atoms with E-state index in [1.54, 1.807) is 0 Å². The van der Waals surface area contributed by atoms with Gasteiger partial charge in [0, 0.05) is 6.42 Å². The van der Waals surface area contributed by atoms with Gasteiger partial charge in [-0.15, -0.1) is 0 Å². The van der Waals surface area contributed by atoms with E-state index in [9.17, 15) is 14.4 Å². The number of carbonyl (C=O) groups is 3. The molecule has 0 aromatic rings. The third-order valence-corrected chi connectivity index (χ3v) is 2.65. The highest BCUT2D eigenvalue weighted by Crippen LogP contribution is 2.16. The zero-order chi connectivity index (χ0) is 12.0. The van der Waals surface area contributed by atoms with Crippen molar-refractivity contribution in [1.29, 1.82) is 0 Å². The van der Waals surface area contributed by atoms with Crippen molar-refractivity contribution in [2.24, 2.45) is 0 Å². The molecular weight excluding hydrogens is 208 g/mol. The zero-order valence-electron chi connectivity index (χ0n) is 9.66. The van der Waals surface area contributed by atoms with Crippen molar-refractivity contribution in [2.45, 2.75) is 58.0 Å². The molecule has 1 fully saturated rings. The SMILES string of the molecule is CCCCCCC(=O)OC1CC(=O)CC1=O. The van der Waals surface area contributed by atoms with Crippen LogP contribution in [0.3, 0.4) is 0 Å². The lowest BCUT2D eigenvalue weighted by Gasteiger charge is -2.09. The van der Waals surface area contributed by atoms with Crippen LogP contribution >= 0.6 is 0 Å². The van der Waals surface area contributed by atoms with Gasteiger partial charge in [-0.25, -0.2) is 0 Å². The van der Waals surface area contributed by atoms with Crippen molar-refractivity contribution >= 4 is 17.5 Å².